The lowest BCUT2D eigenvalue weighted by Gasteiger charge is -2.11. The number of ether oxygens (including phenoxy) is 1. The van der Waals surface area contributed by atoms with E-state index in [2.05, 4.69) is 0 Å². The predicted octanol–water partition coefficient (Wildman–Crippen LogP) is 3.82. The molecule has 0 unspecified atom stereocenters. The van der Waals surface area contributed by atoms with E-state index in [0.717, 1.165) is 12.1 Å². The Morgan fingerprint density at radius 1 is 1.18 bits per heavy atom. The summed E-state index contributed by atoms with van der Waals surface area (Å²) in [5.74, 6) is -1.47. The van der Waals surface area contributed by atoms with Gasteiger partial charge in [0.05, 0.1) is 22.2 Å². The molecule has 0 fully saturated rings. The van der Waals surface area contributed by atoms with Gasteiger partial charge in [0.1, 0.15) is 17.4 Å². The van der Waals surface area contributed by atoms with Crippen LogP contribution in [0.15, 0.2) is 41.3 Å². The maximum absolute atomic E-state index is 13.5. The van der Waals surface area contributed by atoms with E-state index in [4.69, 9.17) is 16.3 Å². The average molecular weight is 348 g/mol. The van der Waals surface area contributed by atoms with Gasteiger partial charge in [-0.3, -0.25) is 4.72 Å². The zero-order valence-electron chi connectivity index (χ0n) is 11.4. The van der Waals surface area contributed by atoms with Crippen molar-refractivity contribution in [2.24, 2.45) is 0 Å². The Bertz CT molecular complexity index is 797. The third-order valence-corrected chi connectivity index (χ3v) is 4.35. The van der Waals surface area contributed by atoms with Gasteiger partial charge in [0.15, 0.2) is 0 Å². The van der Waals surface area contributed by atoms with Crippen molar-refractivity contribution in [3.63, 3.8) is 0 Å². The van der Waals surface area contributed by atoms with E-state index < -0.39 is 21.7 Å². The van der Waals surface area contributed by atoms with Crippen LogP contribution in [0.3, 0.4) is 0 Å². The molecule has 0 bridgehead atoms. The highest BCUT2D eigenvalue weighted by molar-refractivity contribution is 7.92. The first-order valence-corrected chi connectivity index (χ1v) is 8.10. The normalized spacial score (nSPS) is 11.3. The van der Waals surface area contributed by atoms with Crippen molar-refractivity contribution < 1.29 is 21.9 Å². The molecule has 0 saturated heterocycles. The van der Waals surface area contributed by atoms with Crippen LogP contribution in [0.1, 0.15) is 6.92 Å². The number of rotatable bonds is 5. The number of anilines is 1. The fraction of sp³-hybridized carbons (Fsp3) is 0.143. The van der Waals surface area contributed by atoms with Crippen LogP contribution in [0.5, 0.6) is 5.75 Å². The topological polar surface area (TPSA) is 55.4 Å². The van der Waals surface area contributed by atoms with E-state index in [0.29, 0.717) is 18.4 Å². The van der Waals surface area contributed by atoms with E-state index in [9.17, 15) is 17.2 Å². The maximum atomic E-state index is 13.5. The van der Waals surface area contributed by atoms with Gasteiger partial charge in [-0.2, -0.15) is 0 Å². The van der Waals surface area contributed by atoms with Crippen molar-refractivity contribution in [3.8, 4) is 5.75 Å². The molecule has 0 amide bonds. The van der Waals surface area contributed by atoms with Gasteiger partial charge in [0.25, 0.3) is 10.0 Å². The molecule has 2 aromatic rings. The van der Waals surface area contributed by atoms with E-state index in [1.165, 1.54) is 18.2 Å². The van der Waals surface area contributed by atoms with E-state index in [-0.39, 0.29) is 15.6 Å². The molecule has 0 spiro atoms. The lowest BCUT2D eigenvalue weighted by atomic mass is 10.3. The van der Waals surface area contributed by atoms with Crippen molar-refractivity contribution in [2.75, 3.05) is 11.3 Å². The zero-order chi connectivity index (χ0) is 16.3. The third-order valence-electron chi connectivity index (χ3n) is 2.69. The molecule has 0 atom stereocenters. The molecule has 0 aliphatic rings. The van der Waals surface area contributed by atoms with E-state index in [1.54, 1.807) is 6.92 Å². The minimum absolute atomic E-state index is 0.115. The van der Waals surface area contributed by atoms with Crippen molar-refractivity contribution >= 4 is 27.3 Å². The minimum Gasteiger partial charge on any atom is -0.492 e. The van der Waals surface area contributed by atoms with Crippen molar-refractivity contribution in [3.05, 3.63) is 53.1 Å². The summed E-state index contributed by atoms with van der Waals surface area (Å²) in [6, 6.07) is 6.41. The lowest BCUT2D eigenvalue weighted by molar-refractivity contribution is 0.340. The van der Waals surface area contributed by atoms with Gasteiger partial charge in [-0.15, -0.1) is 0 Å². The average Bonchev–Trinajstić information content (AvgIpc) is 2.44. The first kappa shape index (κ1) is 16.5. The lowest BCUT2D eigenvalue weighted by Crippen LogP contribution is -2.14. The highest BCUT2D eigenvalue weighted by Crippen LogP contribution is 2.28. The second kappa shape index (κ2) is 6.50. The van der Waals surface area contributed by atoms with Gasteiger partial charge in [0.2, 0.25) is 0 Å². The monoisotopic (exact) mass is 347 g/mol. The number of nitrogens with one attached hydrogen (secondary N) is 1. The van der Waals surface area contributed by atoms with Crippen LogP contribution in [-0.4, -0.2) is 15.0 Å². The van der Waals surface area contributed by atoms with Crippen LogP contribution < -0.4 is 9.46 Å². The predicted molar refractivity (Wildman–Crippen MR) is 79.8 cm³/mol. The van der Waals surface area contributed by atoms with Crippen molar-refractivity contribution in [1.82, 2.24) is 0 Å². The van der Waals surface area contributed by atoms with Crippen LogP contribution in [-0.2, 0) is 10.0 Å². The molecule has 22 heavy (non-hydrogen) atoms. The Hall–Kier alpha value is -1.86. The third kappa shape index (κ3) is 3.66. The maximum Gasteiger partial charge on any atom is 0.262 e. The summed E-state index contributed by atoms with van der Waals surface area (Å²) < 4.78 is 58.0. The highest BCUT2D eigenvalue weighted by Gasteiger charge is 2.18. The van der Waals surface area contributed by atoms with Crippen LogP contribution in [0.4, 0.5) is 14.5 Å². The van der Waals surface area contributed by atoms with Gasteiger partial charge in [0, 0.05) is 6.07 Å². The first-order chi connectivity index (χ1) is 10.3. The molecule has 0 saturated carbocycles. The summed E-state index contributed by atoms with van der Waals surface area (Å²) in [4.78, 5) is -0.162. The molecule has 2 aromatic carbocycles. The van der Waals surface area contributed by atoms with Gasteiger partial charge >= 0.3 is 0 Å². The molecule has 0 heterocycles. The molecule has 1 N–H and O–H groups in total. The Morgan fingerprint density at radius 2 is 1.91 bits per heavy atom. The Morgan fingerprint density at radius 3 is 2.50 bits per heavy atom. The summed E-state index contributed by atoms with van der Waals surface area (Å²) in [5.41, 5.74) is -0.355. The molecule has 0 radical (unpaired) electrons. The molecule has 118 valence electrons. The molecular formula is C14H12ClF2NO3S. The van der Waals surface area contributed by atoms with Crippen LogP contribution in [0.25, 0.3) is 0 Å². The zero-order valence-corrected chi connectivity index (χ0v) is 13.0. The fourth-order valence-electron chi connectivity index (χ4n) is 1.70. The molecule has 0 aliphatic heterocycles. The van der Waals surface area contributed by atoms with Crippen molar-refractivity contribution in [1.29, 1.82) is 0 Å². The summed E-state index contributed by atoms with van der Waals surface area (Å²) in [6.07, 6.45) is 0. The van der Waals surface area contributed by atoms with E-state index >= 15 is 0 Å². The molecule has 0 aromatic heterocycles. The summed E-state index contributed by atoms with van der Waals surface area (Å²) >= 11 is 5.93. The number of hydrogen-bond acceptors (Lipinski definition) is 3. The van der Waals surface area contributed by atoms with Gasteiger partial charge in [-0.25, -0.2) is 17.2 Å². The van der Waals surface area contributed by atoms with Crippen LogP contribution in [0.2, 0.25) is 5.02 Å². The fourth-order valence-corrected chi connectivity index (χ4v) is 3.09. The van der Waals surface area contributed by atoms with Gasteiger partial charge < -0.3 is 4.74 Å². The Labute approximate surface area is 131 Å². The van der Waals surface area contributed by atoms with E-state index in [1.807, 2.05) is 4.72 Å². The van der Waals surface area contributed by atoms with Crippen LogP contribution >= 0.6 is 11.6 Å². The minimum atomic E-state index is -4.06. The number of sulfonamides is 1. The Kier molecular flexibility index (Phi) is 4.87. The molecule has 4 nitrogen and oxygen atoms in total. The summed E-state index contributed by atoms with van der Waals surface area (Å²) in [6.45, 7) is 2.14. The number of hydrogen-bond donors (Lipinski definition) is 1. The van der Waals surface area contributed by atoms with Gasteiger partial charge in [-0.05, 0) is 37.3 Å². The molecule has 0 aliphatic carbocycles. The van der Waals surface area contributed by atoms with Gasteiger partial charge in [-0.1, -0.05) is 11.6 Å². The Balaban J connectivity index is 2.32. The molecule has 8 heteroatoms. The van der Waals surface area contributed by atoms with Crippen LogP contribution in [0, 0.1) is 11.6 Å². The first-order valence-electron chi connectivity index (χ1n) is 6.23. The number of halogens is 3. The summed E-state index contributed by atoms with van der Waals surface area (Å²) in [5, 5.41) is 0.115. The second-order valence-corrected chi connectivity index (χ2v) is 6.34. The SMILES string of the molecule is CCOc1ccc(S(=O)(=O)Nc2ccc(F)cc2F)cc1Cl. The standard InChI is InChI=1S/C14H12ClF2NO3S/c1-2-21-14-6-4-10(8-11(14)15)22(19,20)18-13-5-3-9(16)7-12(13)17/h3-8,18H,2H2,1H3. The molecule has 2 rings (SSSR count). The molecular weight excluding hydrogens is 336 g/mol. The van der Waals surface area contributed by atoms with Crippen molar-refractivity contribution in [2.45, 2.75) is 11.8 Å². The quantitative estimate of drug-likeness (QED) is 0.894. The highest BCUT2D eigenvalue weighted by atomic mass is 35.5. The largest absolute Gasteiger partial charge is 0.492 e. The second-order valence-electron chi connectivity index (χ2n) is 4.25. The number of benzene rings is 2. The summed E-state index contributed by atoms with van der Waals surface area (Å²) in [7, 11) is -4.06. The smallest absolute Gasteiger partial charge is 0.262 e.